The molecule has 0 aromatic heterocycles. The molecule has 0 unspecified atom stereocenters. The van der Waals surface area contributed by atoms with Crippen LogP contribution in [-0.2, 0) is 10.0 Å². The van der Waals surface area contributed by atoms with Crippen molar-refractivity contribution in [3.05, 3.63) is 82.8 Å². The standard InChI is InChI=1S/C18H13Cl2NO2S2/c19-13-5-9-15(10-6-13)24-18-4-2-1-3-17(18)21-25(22,23)16-11-7-14(20)8-12-16/h1-12,21H. The van der Waals surface area contributed by atoms with Gasteiger partial charge in [0, 0.05) is 19.8 Å². The zero-order valence-corrected chi connectivity index (χ0v) is 16.0. The summed E-state index contributed by atoms with van der Waals surface area (Å²) in [6.45, 7) is 0. The van der Waals surface area contributed by atoms with Crippen molar-refractivity contribution in [2.24, 2.45) is 0 Å². The SMILES string of the molecule is O=S(=O)(Nc1ccccc1Sc1ccc(Cl)cc1)c1ccc(Cl)cc1. The highest BCUT2D eigenvalue weighted by molar-refractivity contribution is 7.99. The van der Waals surface area contributed by atoms with Crippen LogP contribution in [-0.4, -0.2) is 8.42 Å². The minimum Gasteiger partial charge on any atom is -0.278 e. The van der Waals surface area contributed by atoms with Crippen LogP contribution in [0.4, 0.5) is 5.69 Å². The summed E-state index contributed by atoms with van der Waals surface area (Å²) in [7, 11) is -3.69. The smallest absolute Gasteiger partial charge is 0.261 e. The normalized spacial score (nSPS) is 11.3. The van der Waals surface area contributed by atoms with E-state index in [1.807, 2.05) is 24.3 Å². The second-order valence-corrected chi connectivity index (χ2v) is 8.78. The topological polar surface area (TPSA) is 46.2 Å². The van der Waals surface area contributed by atoms with Crippen LogP contribution in [0, 0.1) is 0 Å². The minimum absolute atomic E-state index is 0.156. The number of para-hydroxylation sites is 1. The summed E-state index contributed by atoms with van der Waals surface area (Å²) in [5.41, 5.74) is 0.511. The number of anilines is 1. The average molecular weight is 410 g/mol. The van der Waals surface area contributed by atoms with Crippen LogP contribution in [0.3, 0.4) is 0 Å². The second kappa shape index (κ2) is 7.70. The molecule has 0 amide bonds. The number of sulfonamides is 1. The first-order valence-corrected chi connectivity index (χ1v) is 10.3. The molecule has 0 saturated carbocycles. The highest BCUT2D eigenvalue weighted by Gasteiger charge is 2.16. The van der Waals surface area contributed by atoms with E-state index in [1.54, 1.807) is 36.4 Å². The highest BCUT2D eigenvalue weighted by atomic mass is 35.5. The van der Waals surface area contributed by atoms with Gasteiger partial charge in [-0.2, -0.15) is 0 Å². The van der Waals surface area contributed by atoms with E-state index in [4.69, 9.17) is 23.2 Å². The molecule has 0 aliphatic rings. The van der Waals surface area contributed by atoms with Gasteiger partial charge in [-0.05, 0) is 60.7 Å². The van der Waals surface area contributed by atoms with Gasteiger partial charge in [0.15, 0.2) is 0 Å². The molecule has 3 nitrogen and oxygen atoms in total. The molecule has 0 spiro atoms. The van der Waals surface area contributed by atoms with Gasteiger partial charge in [0.2, 0.25) is 0 Å². The Labute approximate surface area is 161 Å². The van der Waals surface area contributed by atoms with E-state index in [9.17, 15) is 8.42 Å². The fourth-order valence-corrected chi connectivity index (χ4v) is 4.39. The summed E-state index contributed by atoms with van der Waals surface area (Å²) in [6, 6.07) is 20.6. The lowest BCUT2D eigenvalue weighted by atomic mass is 10.3. The molecular weight excluding hydrogens is 397 g/mol. The summed E-state index contributed by atoms with van der Waals surface area (Å²) >= 11 is 13.2. The van der Waals surface area contributed by atoms with Crippen LogP contribution >= 0.6 is 35.0 Å². The maximum Gasteiger partial charge on any atom is 0.261 e. The Hall–Kier alpha value is -1.66. The van der Waals surface area contributed by atoms with Crippen molar-refractivity contribution in [2.45, 2.75) is 14.7 Å². The first kappa shape index (κ1) is 18.1. The number of rotatable bonds is 5. The third kappa shape index (κ3) is 4.70. The third-order valence-electron chi connectivity index (χ3n) is 3.30. The van der Waals surface area contributed by atoms with Gasteiger partial charge in [-0.3, -0.25) is 4.72 Å². The monoisotopic (exact) mass is 409 g/mol. The van der Waals surface area contributed by atoms with Crippen molar-refractivity contribution in [1.29, 1.82) is 0 Å². The predicted molar refractivity (Wildman–Crippen MR) is 104 cm³/mol. The molecule has 0 bridgehead atoms. The maximum atomic E-state index is 12.6. The van der Waals surface area contributed by atoms with Gasteiger partial charge in [-0.15, -0.1) is 0 Å². The summed E-state index contributed by atoms with van der Waals surface area (Å²) < 4.78 is 27.8. The Bertz CT molecular complexity index is 973. The molecular formula is C18H13Cl2NO2S2. The van der Waals surface area contributed by atoms with E-state index in [1.165, 1.54) is 23.9 Å². The van der Waals surface area contributed by atoms with Gasteiger partial charge in [0.1, 0.15) is 0 Å². The first-order chi connectivity index (χ1) is 11.9. The van der Waals surface area contributed by atoms with E-state index in [0.717, 1.165) is 9.79 Å². The number of hydrogen-bond acceptors (Lipinski definition) is 3. The predicted octanol–water partition coefficient (Wildman–Crippen LogP) is 5.95. The van der Waals surface area contributed by atoms with Crippen molar-refractivity contribution in [3.8, 4) is 0 Å². The molecule has 0 heterocycles. The van der Waals surface area contributed by atoms with Crippen LogP contribution in [0.1, 0.15) is 0 Å². The van der Waals surface area contributed by atoms with Crippen molar-refractivity contribution in [2.75, 3.05) is 4.72 Å². The minimum atomic E-state index is -3.69. The zero-order chi connectivity index (χ0) is 17.9. The Morgan fingerprint density at radius 2 is 1.32 bits per heavy atom. The summed E-state index contributed by atoms with van der Waals surface area (Å²) in [5.74, 6) is 0. The fraction of sp³-hybridized carbons (Fsp3) is 0. The van der Waals surface area contributed by atoms with Crippen LogP contribution in [0.2, 0.25) is 10.0 Å². The number of halogens is 2. The summed E-state index contributed by atoms with van der Waals surface area (Å²) in [5, 5.41) is 1.14. The fourth-order valence-electron chi connectivity index (χ4n) is 2.09. The van der Waals surface area contributed by atoms with Gasteiger partial charge in [-0.1, -0.05) is 47.1 Å². The Balaban J connectivity index is 1.87. The van der Waals surface area contributed by atoms with Gasteiger partial charge < -0.3 is 0 Å². The first-order valence-electron chi connectivity index (χ1n) is 7.25. The van der Waals surface area contributed by atoms with Gasteiger partial charge >= 0.3 is 0 Å². The molecule has 7 heteroatoms. The molecule has 3 aromatic rings. The van der Waals surface area contributed by atoms with E-state index < -0.39 is 10.0 Å². The molecule has 0 fully saturated rings. The second-order valence-electron chi connectivity index (χ2n) is 5.11. The van der Waals surface area contributed by atoms with E-state index in [2.05, 4.69) is 4.72 Å². The van der Waals surface area contributed by atoms with Crippen molar-refractivity contribution < 1.29 is 8.42 Å². The molecule has 3 aromatic carbocycles. The molecule has 0 saturated heterocycles. The van der Waals surface area contributed by atoms with Crippen molar-refractivity contribution in [3.63, 3.8) is 0 Å². The molecule has 0 radical (unpaired) electrons. The van der Waals surface area contributed by atoms with E-state index in [0.29, 0.717) is 15.7 Å². The van der Waals surface area contributed by atoms with E-state index >= 15 is 0 Å². The zero-order valence-electron chi connectivity index (χ0n) is 12.8. The van der Waals surface area contributed by atoms with Gasteiger partial charge in [-0.25, -0.2) is 8.42 Å². The molecule has 3 rings (SSSR count). The molecule has 1 N–H and O–H groups in total. The number of hydrogen-bond donors (Lipinski definition) is 1. The lowest BCUT2D eigenvalue weighted by Gasteiger charge is -2.12. The Morgan fingerprint density at radius 3 is 1.96 bits per heavy atom. The van der Waals surface area contributed by atoms with Crippen LogP contribution in [0.25, 0.3) is 0 Å². The Kier molecular flexibility index (Phi) is 5.59. The van der Waals surface area contributed by atoms with Gasteiger partial charge in [0.05, 0.1) is 10.6 Å². The molecule has 0 aliphatic heterocycles. The largest absolute Gasteiger partial charge is 0.278 e. The molecule has 128 valence electrons. The molecule has 0 atom stereocenters. The van der Waals surface area contributed by atoms with Crippen molar-refractivity contribution >= 4 is 50.7 Å². The number of nitrogens with one attached hydrogen (secondary N) is 1. The summed E-state index contributed by atoms with van der Waals surface area (Å²) in [6.07, 6.45) is 0. The van der Waals surface area contributed by atoms with Crippen LogP contribution < -0.4 is 4.72 Å². The summed E-state index contributed by atoms with van der Waals surface area (Å²) in [4.78, 5) is 1.91. The maximum absolute atomic E-state index is 12.6. The third-order valence-corrected chi connectivity index (χ3v) is 6.27. The van der Waals surface area contributed by atoms with Crippen molar-refractivity contribution in [1.82, 2.24) is 0 Å². The van der Waals surface area contributed by atoms with Gasteiger partial charge in [0.25, 0.3) is 10.0 Å². The molecule has 0 aliphatic carbocycles. The number of benzene rings is 3. The highest BCUT2D eigenvalue weighted by Crippen LogP contribution is 2.34. The molecule has 25 heavy (non-hydrogen) atoms. The Morgan fingerprint density at radius 1 is 0.760 bits per heavy atom. The lowest BCUT2D eigenvalue weighted by Crippen LogP contribution is -2.13. The lowest BCUT2D eigenvalue weighted by molar-refractivity contribution is 0.601. The van der Waals surface area contributed by atoms with E-state index in [-0.39, 0.29) is 4.90 Å². The van der Waals surface area contributed by atoms with Crippen LogP contribution in [0.15, 0.2) is 87.5 Å². The quantitative estimate of drug-likeness (QED) is 0.566. The average Bonchev–Trinajstić information content (AvgIpc) is 2.59. The van der Waals surface area contributed by atoms with Crippen LogP contribution in [0.5, 0.6) is 0 Å².